The predicted molar refractivity (Wildman–Crippen MR) is 68.2 cm³/mol. The molecule has 0 fully saturated rings. The first-order chi connectivity index (χ1) is 8.88. The third kappa shape index (κ3) is 4.83. The fourth-order valence-electron chi connectivity index (χ4n) is 1.27. The Morgan fingerprint density at radius 3 is 2.74 bits per heavy atom. The number of aromatic nitrogens is 3. The van der Waals surface area contributed by atoms with Gasteiger partial charge >= 0.3 is 6.01 Å². The quantitative estimate of drug-likeness (QED) is 0.620. The third-order valence-electron chi connectivity index (χ3n) is 2.11. The maximum Gasteiger partial charge on any atom is 0.336 e. The number of amides is 1. The van der Waals surface area contributed by atoms with Gasteiger partial charge in [-0.05, 0) is 13.3 Å². The molecule has 1 aromatic rings. The molecule has 1 amide bonds. The molecule has 0 aliphatic heterocycles. The summed E-state index contributed by atoms with van der Waals surface area (Å²) in [5, 5.41) is 8.46. The Bertz CT molecular complexity index is 526. The van der Waals surface area contributed by atoms with Crippen LogP contribution in [0, 0.1) is 0 Å². The summed E-state index contributed by atoms with van der Waals surface area (Å²) >= 11 is 0. The SMILES string of the molecule is CCCS(=O)(=O)NC(C)C(=O)Nc1nc(OC)n[nH]1. The lowest BCUT2D eigenvalue weighted by atomic mass is 10.3. The first-order valence-corrected chi connectivity index (χ1v) is 7.30. The second-order valence-corrected chi connectivity index (χ2v) is 5.69. The molecule has 1 heterocycles. The average molecular weight is 291 g/mol. The van der Waals surface area contributed by atoms with Crippen molar-refractivity contribution < 1.29 is 17.9 Å². The number of H-pyrrole nitrogens is 1. The van der Waals surface area contributed by atoms with Gasteiger partial charge in [-0.1, -0.05) is 6.92 Å². The summed E-state index contributed by atoms with van der Waals surface area (Å²) in [6, 6.07) is -0.831. The molecule has 1 unspecified atom stereocenters. The molecule has 0 spiro atoms. The summed E-state index contributed by atoms with van der Waals surface area (Å²) < 4.78 is 30.0. The topological polar surface area (TPSA) is 126 Å². The Balaban J connectivity index is 2.58. The zero-order chi connectivity index (χ0) is 14.5. The summed E-state index contributed by atoms with van der Waals surface area (Å²) in [6.45, 7) is 3.18. The number of ether oxygens (including phenoxy) is 1. The molecule has 0 aliphatic carbocycles. The van der Waals surface area contributed by atoms with E-state index < -0.39 is 22.0 Å². The van der Waals surface area contributed by atoms with Crippen LogP contribution < -0.4 is 14.8 Å². The zero-order valence-corrected chi connectivity index (χ0v) is 11.7. The molecule has 0 saturated heterocycles. The first-order valence-electron chi connectivity index (χ1n) is 5.65. The van der Waals surface area contributed by atoms with Crippen molar-refractivity contribution in [1.82, 2.24) is 19.9 Å². The van der Waals surface area contributed by atoms with E-state index in [1.54, 1.807) is 6.92 Å². The van der Waals surface area contributed by atoms with Crippen LogP contribution in [0.1, 0.15) is 20.3 Å². The van der Waals surface area contributed by atoms with E-state index in [9.17, 15) is 13.2 Å². The van der Waals surface area contributed by atoms with Crippen molar-refractivity contribution in [2.24, 2.45) is 0 Å². The number of sulfonamides is 1. The fourth-order valence-corrected chi connectivity index (χ4v) is 2.57. The van der Waals surface area contributed by atoms with E-state index in [-0.39, 0.29) is 17.7 Å². The molecule has 9 nitrogen and oxygen atoms in total. The lowest BCUT2D eigenvalue weighted by Crippen LogP contribution is -2.42. The Hall–Kier alpha value is -1.68. The normalized spacial score (nSPS) is 13.0. The second-order valence-electron chi connectivity index (χ2n) is 3.82. The van der Waals surface area contributed by atoms with Crippen molar-refractivity contribution in [3.05, 3.63) is 0 Å². The highest BCUT2D eigenvalue weighted by atomic mass is 32.2. The van der Waals surface area contributed by atoms with Gasteiger partial charge in [0.25, 0.3) is 0 Å². The van der Waals surface area contributed by atoms with E-state index in [2.05, 4.69) is 25.2 Å². The van der Waals surface area contributed by atoms with E-state index in [0.29, 0.717) is 6.42 Å². The number of anilines is 1. The number of nitrogens with one attached hydrogen (secondary N) is 3. The van der Waals surface area contributed by atoms with Crippen LogP contribution >= 0.6 is 0 Å². The number of methoxy groups -OCH3 is 1. The van der Waals surface area contributed by atoms with Gasteiger partial charge in [-0.3, -0.25) is 10.1 Å². The number of nitrogens with zero attached hydrogens (tertiary/aromatic N) is 2. The monoisotopic (exact) mass is 291 g/mol. The molecule has 19 heavy (non-hydrogen) atoms. The molecular weight excluding hydrogens is 274 g/mol. The van der Waals surface area contributed by atoms with Crippen LogP contribution in [0.5, 0.6) is 6.01 Å². The van der Waals surface area contributed by atoms with Gasteiger partial charge in [0.2, 0.25) is 21.9 Å². The van der Waals surface area contributed by atoms with E-state index >= 15 is 0 Å². The van der Waals surface area contributed by atoms with E-state index in [1.807, 2.05) is 0 Å². The van der Waals surface area contributed by atoms with E-state index in [0.717, 1.165) is 0 Å². The minimum absolute atomic E-state index is 0.0270. The van der Waals surface area contributed by atoms with Gasteiger partial charge in [0.15, 0.2) is 0 Å². The average Bonchev–Trinajstić information content (AvgIpc) is 2.75. The van der Waals surface area contributed by atoms with Crippen molar-refractivity contribution in [2.75, 3.05) is 18.2 Å². The van der Waals surface area contributed by atoms with E-state index in [4.69, 9.17) is 4.74 Å². The van der Waals surface area contributed by atoms with Crippen LogP contribution in [0.2, 0.25) is 0 Å². The summed E-state index contributed by atoms with van der Waals surface area (Å²) in [5.74, 6) is -0.484. The molecule has 1 aromatic heterocycles. The van der Waals surface area contributed by atoms with Crippen molar-refractivity contribution >= 4 is 21.9 Å². The Labute approximate surface area is 111 Å². The number of aromatic amines is 1. The highest BCUT2D eigenvalue weighted by Gasteiger charge is 2.20. The minimum atomic E-state index is -3.45. The van der Waals surface area contributed by atoms with Crippen LogP contribution in [-0.2, 0) is 14.8 Å². The van der Waals surface area contributed by atoms with Crippen LogP contribution in [-0.4, -0.2) is 48.4 Å². The van der Waals surface area contributed by atoms with Crippen LogP contribution in [0.4, 0.5) is 5.95 Å². The molecule has 10 heteroatoms. The van der Waals surface area contributed by atoms with Crippen molar-refractivity contribution in [3.63, 3.8) is 0 Å². The second kappa shape index (κ2) is 6.48. The molecule has 1 atom stereocenters. The van der Waals surface area contributed by atoms with Crippen LogP contribution in [0.25, 0.3) is 0 Å². The molecular formula is C9H17N5O4S. The van der Waals surface area contributed by atoms with Gasteiger partial charge in [0.05, 0.1) is 18.9 Å². The molecule has 1 rings (SSSR count). The molecule has 0 bridgehead atoms. The number of carbonyl (C=O) groups excluding carboxylic acids is 1. The Morgan fingerprint density at radius 2 is 2.21 bits per heavy atom. The highest BCUT2D eigenvalue weighted by Crippen LogP contribution is 2.05. The lowest BCUT2D eigenvalue weighted by molar-refractivity contribution is -0.117. The number of hydrogen-bond acceptors (Lipinski definition) is 6. The molecule has 108 valence electrons. The van der Waals surface area contributed by atoms with Crippen molar-refractivity contribution in [1.29, 1.82) is 0 Å². The summed E-state index contributed by atoms with van der Waals surface area (Å²) in [6.07, 6.45) is 0.475. The Morgan fingerprint density at radius 1 is 1.53 bits per heavy atom. The summed E-state index contributed by atoms with van der Waals surface area (Å²) in [7, 11) is -2.06. The first kappa shape index (κ1) is 15.4. The predicted octanol–water partition coefficient (Wildman–Crippen LogP) is -0.530. The van der Waals surface area contributed by atoms with Gasteiger partial charge < -0.3 is 4.74 Å². The molecule has 0 saturated carbocycles. The molecule has 3 N–H and O–H groups in total. The minimum Gasteiger partial charge on any atom is -0.466 e. The zero-order valence-electron chi connectivity index (χ0n) is 10.9. The Kier molecular flexibility index (Phi) is 5.24. The van der Waals surface area contributed by atoms with Crippen LogP contribution in [0.15, 0.2) is 0 Å². The fraction of sp³-hybridized carbons (Fsp3) is 0.667. The smallest absolute Gasteiger partial charge is 0.336 e. The molecule has 0 radical (unpaired) electrons. The largest absolute Gasteiger partial charge is 0.466 e. The van der Waals surface area contributed by atoms with Crippen molar-refractivity contribution in [3.8, 4) is 6.01 Å². The summed E-state index contributed by atoms with van der Waals surface area (Å²) in [5.41, 5.74) is 0. The van der Waals surface area contributed by atoms with E-state index in [1.165, 1.54) is 14.0 Å². The van der Waals surface area contributed by atoms with Gasteiger partial charge in [-0.25, -0.2) is 18.2 Å². The maximum atomic E-state index is 11.7. The molecule has 0 aliphatic rings. The number of carbonyl (C=O) groups is 1. The summed E-state index contributed by atoms with van der Waals surface area (Å²) in [4.78, 5) is 15.5. The van der Waals surface area contributed by atoms with Gasteiger partial charge in [0.1, 0.15) is 0 Å². The highest BCUT2D eigenvalue weighted by molar-refractivity contribution is 7.89. The van der Waals surface area contributed by atoms with Gasteiger partial charge in [-0.15, -0.1) is 5.10 Å². The van der Waals surface area contributed by atoms with Crippen LogP contribution in [0.3, 0.4) is 0 Å². The van der Waals surface area contributed by atoms with Gasteiger partial charge in [-0.2, -0.15) is 4.98 Å². The third-order valence-corrected chi connectivity index (χ3v) is 3.77. The van der Waals surface area contributed by atoms with Crippen molar-refractivity contribution in [2.45, 2.75) is 26.3 Å². The molecule has 0 aromatic carbocycles. The maximum absolute atomic E-state index is 11.7. The van der Waals surface area contributed by atoms with Gasteiger partial charge in [0, 0.05) is 0 Å². The standard InChI is InChI=1S/C9H17N5O4S/c1-4-5-19(16,17)14-6(2)7(15)10-8-11-9(18-3)13-12-8/h6,14H,4-5H2,1-3H3,(H2,10,11,12,13,15). The lowest BCUT2D eigenvalue weighted by Gasteiger charge is -2.12. The number of rotatable bonds is 7. The number of hydrogen-bond donors (Lipinski definition) is 3.